The Hall–Kier alpha value is -3.66. The molecule has 0 aliphatic rings. The number of carbonyl (C=O) groups excluding carboxylic acids is 1. The first-order valence-corrected chi connectivity index (χ1v) is 7.94. The van der Waals surface area contributed by atoms with Crippen LogP contribution in [-0.2, 0) is 4.79 Å². The summed E-state index contributed by atoms with van der Waals surface area (Å²) in [6.45, 7) is 2.30. The lowest BCUT2D eigenvalue weighted by Crippen LogP contribution is -2.07. The molecular weight excluding hydrogens is 334 g/mol. The lowest BCUT2D eigenvalue weighted by atomic mass is 10.1. The zero-order valence-corrected chi connectivity index (χ0v) is 14.1. The number of benzene rings is 2. The van der Waals surface area contributed by atoms with Gasteiger partial charge in [0.2, 0.25) is 5.91 Å². The molecule has 132 valence electrons. The molecule has 26 heavy (non-hydrogen) atoms. The van der Waals surface area contributed by atoms with Gasteiger partial charge in [0.25, 0.3) is 0 Å². The third kappa shape index (κ3) is 5.18. The fraction of sp³-hybridized carbons (Fsp3) is 0.158. The van der Waals surface area contributed by atoms with E-state index in [1.807, 2.05) is 13.0 Å². The second-order valence-corrected chi connectivity index (χ2v) is 5.35. The summed E-state index contributed by atoms with van der Waals surface area (Å²) in [4.78, 5) is 22.6. The Balaban J connectivity index is 2.11. The molecule has 0 aliphatic carbocycles. The minimum atomic E-state index is -0.518. The van der Waals surface area contributed by atoms with Crippen molar-refractivity contribution in [2.45, 2.75) is 13.3 Å². The zero-order valence-electron chi connectivity index (χ0n) is 14.1. The molecule has 0 saturated heterocycles. The Bertz CT molecular complexity index is 885. The second-order valence-electron chi connectivity index (χ2n) is 5.35. The van der Waals surface area contributed by atoms with Gasteiger partial charge in [-0.3, -0.25) is 14.9 Å². The number of nitro benzene ring substituents is 1. The van der Waals surface area contributed by atoms with Crippen LogP contribution in [0.2, 0.25) is 0 Å². The number of nitrogens with one attached hydrogen (secondary N) is 1. The summed E-state index contributed by atoms with van der Waals surface area (Å²) in [5.74, 6) is -0.208. The topological polar surface area (TPSA) is 105 Å². The quantitative estimate of drug-likeness (QED) is 0.462. The van der Waals surface area contributed by atoms with Crippen molar-refractivity contribution in [2.75, 3.05) is 11.9 Å². The van der Waals surface area contributed by atoms with Gasteiger partial charge in [-0.05, 0) is 42.3 Å². The Morgan fingerprint density at radius 2 is 2.15 bits per heavy atom. The van der Waals surface area contributed by atoms with Crippen LogP contribution in [-0.4, -0.2) is 17.4 Å². The minimum Gasteiger partial charge on any atom is -0.487 e. The van der Waals surface area contributed by atoms with Crippen molar-refractivity contribution in [2.24, 2.45) is 0 Å². The van der Waals surface area contributed by atoms with Crippen LogP contribution in [0.1, 0.15) is 24.5 Å². The highest BCUT2D eigenvalue weighted by atomic mass is 16.6. The number of hydrogen-bond donors (Lipinski definition) is 1. The molecule has 2 rings (SSSR count). The van der Waals surface area contributed by atoms with Crippen LogP contribution in [0.4, 0.5) is 11.4 Å². The van der Waals surface area contributed by atoms with E-state index in [9.17, 15) is 14.9 Å². The molecule has 7 heteroatoms. The first-order valence-electron chi connectivity index (χ1n) is 7.94. The Morgan fingerprint density at radius 1 is 1.35 bits per heavy atom. The highest BCUT2D eigenvalue weighted by molar-refractivity contribution is 6.02. The third-order valence-corrected chi connectivity index (χ3v) is 3.33. The van der Waals surface area contributed by atoms with E-state index >= 15 is 0 Å². The van der Waals surface area contributed by atoms with Gasteiger partial charge in [0.05, 0.1) is 23.2 Å². The van der Waals surface area contributed by atoms with Crippen molar-refractivity contribution in [3.8, 4) is 11.8 Å². The van der Waals surface area contributed by atoms with Gasteiger partial charge >= 0.3 is 5.69 Å². The van der Waals surface area contributed by atoms with Crippen molar-refractivity contribution in [3.63, 3.8) is 0 Å². The van der Waals surface area contributed by atoms with E-state index in [4.69, 9.17) is 10.00 Å². The SMILES string of the molecule is CCCOc1ccc(/C=C/C(=O)Nc2cccc(C#N)c2)cc1[N+](=O)[O-]. The number of rotatable bonds is 7. The van der Waals surface area contributed by atoms with E-state index < -0.39 is 10.8 Å². The molecule has 0 aliphatic heterocycles. The van der Waals surface area contributed by atoms with Gasteiger partial charge in [0.1, 0.15) is 0 Å². The van der Waals surface area contributed by atoms with E-state index in [1.165, 1.54) is 24.3 Å². The molecule has 0 saturated carbocycles. The highest BCUT2D eigenvalue weighted by Gasteiger charge is 2.15. The average Bonchev–Trinajstić information content (AvgIpc) is 2.65. The molecule has 1 amide bonds. The third-order valence-electron chi connectivity index (χ3n) is 3.33. The number of hydrogen-bond acceptors (Lipinski definition) is 5. The van der Waals surface area contributed by atoms with E-state index in [0.717, 1.165) is 6.42 Å². The van der Waals surface area contributed by atoms with Crippen LogP contribution in [0.5, 0.6) is 5.75 Å². The maximum Gasteiger partial charge on any atom is 0.311 e. The first-order chi connectivity index (χ1) is 12.5. The summed E-state index contributed by atoms with van der Waals surface area (Å²) in [5.41, 5.74) is 1.28. The van der Waals surface area contributed by atoms with Gasteiger partial charge in [-0.1, -0.05) is 19.1 Å². The molecule has 0 heterocycles. The standard InChI is InChI=1S/C19H17N3O4/c1-2-10-26-18-8-6-14(12-17(18)22(24)25)7-9-19(23)21-16-5-3-4-15(11-16)13-20/h3-9,11-12H,2,10H2,1H3,(H,21,23)/b9-7+. The Morgan fingerprint density at radius 3 is 2.85 bits per heavy atom. The number of carbonyl (C=O) groups is 1. The van der Waals surface area contributed by atoms with Crippen LogP contribution < -0.4 is 10.1 Å². The van der Waals surface area contributed by atoms with Gasteiger partial charge in [-0.15, -0.1) is 0 Å². The summed E-state index contributed by atoms with van der Waals surface area (Å²) in [6, 6.07) is 13.0. The minimum absolute atomic E-state index is 0.150. The summed E-state index contributed by atoms with van der Waals surface area (Å²) in [5, 5.41) is 22.7. The molecule has 0 atom stereocenters. The maximum atomic E-state index is 12.0. The van der Waals surface area contributed by atoms with Gasteiger partial charge in [0, 0.05) is 17.8 Å². The molecule has 2 aromatic rings. The van der Waals surface area contributed by atoms with Crippen LogP contribution in [0.3, 0.4) is 0 Å². The molecule has 0 unspecified atom stereocenters. The number of anilines is 1. The molecule has 7 nitrogen and oxygen atoms in total. The number of nitriles is 1. The molecule has 0 spiro atoms. The predicted octanol–water partition coefficient (Wildman–Crippen LogP) is 3.91. The largest absolute Gasteiger partial charge is 0.487 e. The van der Waals surface area contributed by atoms with Crippen molar-refractivity contribution in [1.82, 2.24) is 0 Å². The Kier molecular flexibility index (Phi) is 6.46. The number of nitro groups is 1. The Labute approximate surface area is 150 Å². The smallest absolute Gasteiger partial charge is 0.311 e. The first kappa shape index (κ1) is 18.7. The summed E-state index contributed by atoms with van der Waals surface area (Å²) in [6.07, 6.45) is 3.48. The van der Waals surface area contributed by atoms with E-state index in [-0.39, 0.29) is 11.4 Å². The summed E-state index contributed by atoms with van der Waals surface area (Å²) < 4.78 is 5.36. The van der Waals surface area contributed by atoms with Gasteiger partial charge in [-0.25, -0.2) is 0 Å². The van der Waals surface area contributed by atoms with Crippen molar-refractivity contribution in [3.05, 3.63) is 69.8 Å². The van der Waals surface area contributed by atoms with Crippen molar-refractivity contribution in [1.29, 1.82) is 5.26 Å². The second kappa shape index (κ2) is 8.99. The molecule has 0 aromatic heterocycles. The molecule has 0 radical (unpaired) electrons. The van der Waals surface area contributed by atoms with E-state index in [1.54, 1.807) is 30.3 Å². The molecular formula is C19H17N3O4. The lowest BCUT2D eigenvalue weighted by Gasteiger charge is -2.06. The van der Waals surface area contributed by atoms with E-state index in [2.05, 4.69) is 5.32 Å². The van der Waals surface area contributed by atoms with Crippen molar-refractivity contribution < 1.29 is 14.5 Å². The fourth-order valence-corrected chi connectivity index (χ4v) is 2.14. The van der Waals surface area contributed by atoms with E-state index in [0.29, 0.717) is 23.4 Å². The predicted molar refractivity (Wildman–Crippen MR) is 97.7 cm³/mol. The van der Waals surface area contributed by atoms with Crippen LogP contribution >= 0.6 is 0 Å². The van der Waals surface area contributed by atoms with Gasteiger partial charge in [-0.2, -0.15) is 5.26 Å². The summed E-state index contributed by atoms with van der Waals surface area (Å²) in [7, 11) is 0. The maximum absolute atomic E-state index is 12.0. The van der Waals surface area contributed by atoms with Gasteiger partial charge < -0.3 is 10.1 Å². The normalized spacial score (nSPS) is 10.3. The molecule has 0 bridgehead atoms. The van der Waals surface area contributed by atoms with Crippen LogP contribution in [0.15, 0.2) is 48.5 Å². The van der Waals surface area contributed by atoms with Gasteiger partial charge in [0.15, 0.2) is 5.75 Å². The van der Waals surface area contributed by atoms with Crippen molar-refractivity contribution >= 4 is 23.4 Å². The molecule has 0 fully saturated rings. The monoisotopic (exact) mass is 351 g/mol. The fourth-order valence-electron chi connectivity index (χ4n) is 2.14. The summed E-state index contributed by atoms with van der Waals surface area (Å²) >= 11 is 0. The van der Waals surface area contributed by atoms with Crippen LogP contribution in [0, 0.1) is 21.4 Å². The lowest BCUT2D eigenvalue weighted by molar-refractivity contribution is -0.385. The highest BCUT2D eigenvalue weighted by Crippen LogP contribution is 2.28. The zero-order chi connectivity index (χ0) is 18.9. The molecule has 1 N–H and O–H groups in total. The molecule has 2 aromatic carbocycles. The van der Waals surface area contributed by atoms with Crippen LogP contribution in [0.25, 0.3) is 6.08 Å². The average molecular weight is 351 g/mol. The number of nitrogens with zero attached hydrogens (tertiary/aromatic N) is 2. The number of ether oxygens (including phenoxy) is 1. The number of amides is 1.